The Morgan fingerprint density at radius 1 is 1.44 bits per heavy atom. The first-order valence-corrected chi connectivity index (χ1v) is 5.87. The van der Waals surface area contributed by atoms with Crippen LogP contribution in [0.2, 0.25) is 0 Å². The van der Waals surface area contributed by atoms with Gasteiger partial charge in [0.15, 0.2) is 0 Å². The minimum absolute atomic E-state index is 0.191. The van der Waals surface area contributed by atoms with Crippen LogP contribution < -0.4 is 5.32 Å². The minimum atomic E-state index is -1.02. The van der Waals surface area contributed by atoms with Crippen LogP contribution in [0.4, 0.5) is 0 Å². The summed E-state index contributed by atoms with van der Waals surface area (Å²) in [5.41, 5.74) is 0.996. The second-order valence-electron chi connectivity index (χ2n) is 4.66. The number of pyridine rings is 1. The number of aliphatic carboxylic acids is 1. The summed E-state index contributed by atoms with van der Waals surface area (Å²) < 4.78 is 0. The normalized spacial score (nSPS) is 12.2. The molecule has 0 aromatic carbocycles. The van der Waals surface area contributed by atoms with Gasteiger partial charge in [-0.05, 0) is 30.9 Å². The van der Waals surface area contributed by atoms with E-state index in [-0.39, 0.29) is 11.6 Å². The molecule has 0 spiro atoms. The molecule has 18 heavy (non-hydrogen) atoms. The molecule has 2 N–H and O–H groups in total. The summed E-state index contributed by atoms with van der Waals surface area (Å²) in [6, 6.07) is 2.62. The SMILES string of the molecule is Cc1cccnc1C(=O)N[C@H](CC(C)C)C(=O)O. The lowest BCUT2D eigenvalue weighted by molar-refractivity contribution is -0.139. The number of carbonyl (C=O) groups is 2. The summed E-state index contributed by atoms with van der Waals surface area (Å²) in [5.74, 6) is -1.27. The lowest BCUT2D eigenvalue weighted by atomic mass is 10.0. The molecule has 5 heteroatoms. The van der Waals surface area contributed by atoms with Crippen molar-refractivity contribution in [3.8, 4) is 0 Å². The van der Waals surface area contributed by atoms with Gasteiger partial charge in [-0.3, -0.25) is 9.78 Å². The van der Waals surface area contributed by atoms with Crippen molar-refractivity contribution in [3.05, 3.63) is 29.6 Å². The molecular weight excluding hydrogens is 232 g/mol. The van der Waals surface area contributed by atoms with Crippen LogP contribution >= 0.6 is 0 Å². The lowest BCUT2D eigenvalue weighted by Gasteiger charge is -2.16. The number of amides is 1. The Bertz CT molecular complexity index is 444. The molecule has 5 nitrogen and oxygen atoms in total. The van der Waals surface area contributed by atoms with E-state index in [9.17, 15) is 9.59 Å². The monoisotopic (exact) mass is 250 g/mol. The third-order valence-electron chi connectivity index (χ3n) is 2.54. The maximum absolute atomic E-state index is 11.9. The van der Waals surface area contributed by atoms with Crippen molar-refractivity contribution in [2.75, 3.05) is 0 Å². The number of nitrogens with one attached hydrogen (secondary N) is 1. The van der Waals surface area contributed by atoms with Gasteiger partial charge < -0.3 is 10.4 Å². The van der Waals surface area contributed by atoms with E-state index >= 15 is 0 Å². The molecule has 0 saturated carbocycles. The number of aryl methyl sites for hydroxylation is 1. The zero-order valence-electron chi connectivity index (χ0n) is 10.8. The van der Waals surface area contributed by atoms with Crippen molar-refractivity contribution in [3.63, 3.8) is 0 Å². The Balaban J connectivity index is 2.79. The van der Waals surface area contributed by atoms with Gasteiger partial charge in [-0.2, -0.15) is 0 Å². The molecule has 0 aliphatic heterocycles. The van der Waals surface area contributed by atoms with Crippen LogP contribution in [-0.4, -0.2) is 28.0 Å². The molecule has 0 aliphatic rings. The van der Waals surface area contributed by atoms with Crippen LogP contribution in [0.15, 0.2) is 18.3 Å². The average molecular weight is 250 g/mol. The smallest absolute Gasteiger partial charge is 0.326 e. The first-order valence-electron chi connectivity index (χ1n) is 5.87. The molecule has 1 aromatic heterocycles. The van der Waals surface area contributed by atoms with Crippen molar-refractivity contribution in [1.82, 2.24) is 10.3 Å². The van der Waals surface area contributed by atoms with E-state index in [1.165, 1.54) is 6.20 Å². The zero-order valence-corrected chi connectivity index (χ0v) is 10.8. The molecule has 1 rings (SSSR count). The Kier molecular flexibility index (Phi) is 4.83. The molecule has 0 bridgehead atoms. The number of rotatable bonds is 5. The fourth-order valence-electron chi connectivity index (χ4n) is 1.64. The number of carboxylic acid groups (broad SMARTS) is 1. The Labute approximate surface area is 106 Å². The van der Waals surface area contributed by atoms with Gasteiger partial charge in [-0.15, -0.1) is 0 Å². The maximum atomic E-state index is 11.9. The van der Waals surface area contributed by atoms with Crippen LogP contribution in [0.3, 0.4) is 0 Å². The van der Waals surface area contributed by atoms with Gasteiger partial charge in [0.25, 0.3) is 5.91 Å². The van der Waals surface area contributed by atoms with Crippen LogP contribution in [0.5, 0.6) is 0 Å². The van der Waals surface area contributed by atoms with Crippen molar-refractivity contribution in [2.45, 2.75) is 33.2 Å². The average Bonchev–Trinajstić information content (AvgIpc) is 2.27. The third-order valence-corrected chi connectivity index (χ3v) is 2.54. The Morgan fingerprint density at radius 2 is 2.11 bits per heavy atom. The fourth-order valence-corrected chi connectivity index (χ4v) is 1.64. The first kappa shape index (κ1) is 14.2. The third kappa shape index (κ3) is 3.84. The second-order valence-corrected chi connectivity index (χ2v) is 4.66. The molecule has 0 aliphatic carbocycles. The summed E-state index contributed by atoms with van der Waals surface area (Å²) in [6.45, 7) is 5.59. The lowest BCUT2D eigenvalue weighted by Crippen LogP contribution is -2.42. The van der Waals surface area contributed by atoms with Crippen LogP contribution in [0.1, 0.15) is 36.3 Å². The number of carboxylic acids is 1. The largest absolute Gasteiger partial charge is 0.480 e. The number of hydrogen-bond acceptors (Lipinski definition) is 3. The quantitative estimate of drug-likeness (QED) is 0.832. The summed E-state index contributed by atoms with van der Waals surface area (Å²) in [7, 11) is 0. The van der Waals surface area contributed by atoms with Gasteiger partial charge >= 0.3 is 5.97 Å². The molecule has 0 radical (unpaired) electrons. The van der Waals surface area contributed by atoms with Crippen molar-refractivity contribution in [2.24, 2.45) is 5.92 Å². The summed E-state index contributed by atoms with van der Waals surface area (Å²) in [6.07, 6.45) is 1.91. The van der Waals surface area contributed by atoms with E-state index in [0.717, 1.165) is 5.56 Å². The van der Waals surface area contributed by atoms with Crippen molar-refractivity contribution in [1.29, 1.82) is 0 Å². The van der Waals surface area contributed by atoms with Gasteiger partial charge in [0.2, 0.25) is 0 Å². The number of aromatic nitrogens is 1. The van der Waals surface area contributed by atoms with E-state index in [2.05, 4.69) is 10.3 Å². The fraction of sp³-hybridized carbons (Fsp3) is 0.462. The van der Waals surface area contributed by atoms with Crippen LogP contribution in [0.25, 0.3) is 0 Å². The molecule has 0 saturated heterocycles. The summed E-state index contributed by atoms with van der Waals surface area (Å²) in [5, 5.41) is 11.6. The van der Waals surface area contributed by atoms with Gasteiger partial charge in [0, 0.05) is 6.20 Å². The van der Waals surface area contributed by atoms with E-state index < -0.39 is 17.9 Å². The first-order chi connectivity index (χ1) is 8.41. The van der Waals surface area contributed by atoms with E-state index in [0.29, 0.717) is 6.42 Å². The Morgan fingerprint density at radius 3 is 2.61 bits per heavy atom. The number of nitrogens with zero attached hydrogens (tertiary/aromatic N) is 1. The van der Waals surface area contributed by atoms with Crippen LogP contribution in [0, 0.1) is 12.8 Å². The maximum Gasteiger partial charge on any atom is 0.326 e. The molecule has 1 aromatic rings. The highest BCUT2D eigenvalue weighted by Crippen LogP contribution is 2.08. The highest BCUT2D eigenvalue weighted by atomic mass is 16.4. The topological polar surface area (TPSA) is 79.3 Å². The number of carbonyl (C=O) groups excluding carboxylic acids is 1. The van der Waals surface area contributed by atoms with E-state index in [1.54, 1.807) is 19.1 Å². The standard InChI is InChI=1S/C13H18N2O3/c1-8(2)7-10(13(17)18)15-12(16)11-9(3)5-4-6-14-11/h4-6,8,10H,7H2,1-3H3,(H,15,16)(H,17,18)/t10-/m1/s1. The highest BCUT2D eigenvalue weighted by molar-refractivity contribution is 5.96. The van der Waals surface area contributed by atoms with Gasteiger partial charge in [0.1, 0.15) is 11.7 Å². The predicted molar refractivity (Wildman–Crippen MR) is 67.3 cm³/mol. The van der Waals surface area contributed by atoms with Crippen molar-refractivity contribution < 1.29 is 14.7 Å². The predicted octanol–water partition coefficient (Wildman–Crippen LogP) is 1.62. The van der Waals surface area contributed by atoms with E-state index in [1.807, 2.05) is 13.8 Å². The molecular formula is C13H18N2O3. The highest BCUT2D eigenvalue weighted by Gasteiger charge is 2.22. The minimum Gasteiger partial charge on any atom is -0.480 e. The molecule has 1 heterocycles. The summed E-state index contributed by atoms with van der Waals surface area (Å²) in [4.78, 5) is 26.9. The molecule has 0 unspecified atom stereocenters. The zero-order chi connectivity index (χ0) is 13.7. The molecule has 0 fully saturated rings. The Hall–Kier alpha value is -1.91. The van der Waals surface area contributed by atoms with Crippen molar-refractivity contribution >= 4 is 11.9 Å². The van der Waals surface area contributed by atoms with Gasteiger partial charge in [0.05, 0.1) is 0 Å². The molecule has 1 atom stereocenters. The van der Waals surface area contributed by atoms with Crippen LogP contribution in [-0.2, 0) is 4.79 Å². The summed E-state index contributed by atoms with van der Waals surface area (Å²) >= 11 is 0. The number of hydrogen-bond donors (Lipinski definition) is 2. The van der Waals surface area contributed by atoms with Gasteiger partial charge in [-0.1, -0.05) is 19.9 Å². The van der Waals surface area contributed by atoms with E-state index in [4.69, 9.17) is 5.11 Å². The molecule has 1 amide bonds. The molecule has 98 valence electrons. The van der Waals surface area contributed by atoms with Gasteiger partial charge in [-0.25, -0.2) is 4.79 Å². The second kappa shape index (κ2) is 6.14.